The maximum atomic E-state index is 11.1. The van der Waals surface area contributed by atoms with Crippen LogP contribution in [0.5, 0.6) is 23.0 Å². The van der Waals surface area contributed by atoms with Gasteiger partial charge < -0.3 is 28.6 Å². The van der Waals surface area contributed by atoms with Crippen LogP contribution in [0.2, 0.25) is 0 Å². The third-order valence-corrected chi connectivity index (χ3v) is 5.74. The monoisotopic (exact) mass is 442 g/mol. The second-order valence-electron chi connectivity index (χ2n) is 7.68. The molecule has 2 aliphatic heterocycles. The second-order valence-corrected chi connectivity index (χ2v) is 7.68. The first-order valence-corrected chi connectivity index (χ1v) is 10.4. The molecule has 0 saturated heterocycles. The predicted octanol–water partition coefficient (Wildman–Crippen LogP) is 4.85. The van der Waals surface area contributed by atoms with Gasteiger partial charge in [0.1, 0.15) is 18.1 Å². The van der Waals surface area contributed by atoms with Gasteiger partial charge in [-0.15, -0.1) is 0 Å². The van der Waals surface area contributed by atoms with Crippen molar-refractivity contribution in [1.82, 2.24) is 9.55 Å². The van der Waals surface area contributed by atoms with E-state index in [2.05, 4.69) is 11.1 Å². The summed E-state index contributed by atoms with van der Waals surface area (Å²) in [4.78, 5) is 15.6. The van der Waals surface area contributed by atoms with E-state index in [9.17, 15) is 4.79 Å². The molecule has 0 atom stereocenters. The Morgan fingerprint density at radius 2 is 1.88 bits per heavy atom. The van der Waals surface area contributed by atoms with Crippen LogP contribution in [-0.4, -0.2) is 27.6 Å². The number of rotatable bonds is 3. The number of allylic oxidation sites excluding steroid dienone is 1. The lowest BCUT2D eigenvalue weighted by atomic mass is 9.94. The van der Waals surface area contributed by atoms with Crippen molar-refractivity contribution in [3.05, 3.63) is 83.7 Å². The lowest BCUT2D eigenvalue weighted by Crippen LogP contribution is -2.03. The van der Waals surface area contributed by atoms with Gasteiger partial charge in [0.25, 0.3) is 0 Å². The minimum absolute atomic E-state index is 0.209. The molecule has 0 unspecified atom stereocenters. The van der Waals surface area contributed by atoms with E-state index in [1.807, 2.05) is 41.0 Å². The normalized spacial score (nSPS) is 15.0. The van der Waals surface area contributed by atoms with E-state index in [4.69, 9.17) is 24.1 Å². The minimum Gasteiger partial charge on any atom is -0.488 e. The fraction of sp³-hybridized carbons (Fsp3) is 0.120. The molecule has 8 nitrogen and oxygen atoms in total. The molecule has 0 aliphatic carbocycles. The molecule has 0 spiro atoms. The first-order valence-electron chi connectivity index (χ1n) is 10.4. The highest BCUT2D eigenvalue weighted by molar-refractivity contribution is 5.86. The average Bonchev–Trinajstić information content (AvgIpc) is 3.39. The van der Waals surface area contributed by atoms with E-state index in [1.165, 1.54) is 0 Å². The van der Waals surface area contributed by atoms with Crippen LogP contribution in [0.4, 0.5) is 4.79 Å². The summed E-state index contributed by atoms with van der Waals surface area (Å²) in [5, 5.41) is 9.05. The molecule has 33 heavy (non-hydrogen) atoms. The topological polar surface area (TPSA) is 92.0 Å². The molecule has 3 aromatic carbocycles. The van der Waals surface area contributed by atoms with Crippen LogP contribution >= 0.6 is 0 Å². The molecular weight excluding hydrogens is 424 g/mol. The SMILES string of the molecule is O=C(O)Oc1ccc2c(c1)C(=CCn1cnc3cc4c(cc31)OCO4)c1ccccc1CO2. The van der Waals surface area contributed by atoms with Gasteiger partial charge >= 0.3 is 6.16 Å². The number of ether oxygens (including phenoxy) is 4. The highest BCUT2D eigenvalue weighted by atomic mass is 16.7. The summed E-state index contributed by atoms with van der Waals surface area (Å²) in [6.07, 6.45) is 2.50. The van der Waals surface area contributed by atoms with E-state index in [-0.39, 0.29) is 12.5 Å². The fourth-order valence-electron chi connectivity index (χ4n) is 4.22. The van der Waals surface area contributed by atoms with Gasteiger partial charge in [-0.3, -0.25) is 0 Å². The Morgan fingerprint density at radius 1 is 1.03 bits per heavy atom. The van der Waals surface area contributed by atoms with Crippen LogP contribution in [-0.2, 0) is 13.2 Å². The van der Waals surface area contributed by atoms with Crippen molar-refractivity contribution in [2.24, 2.45) is 0 Å². The maximum absolute atomic E-state index is 11.1. The van der Waals surface area contributed by atoms with E-state index >= 15 is 0 Å². The predicted molar refractivity (Wildman–Crippen MR) is 119 cm³/mol. The van der Waals surface area contributed by atoms with Crippen molar-refractivity contribution in [2.75, 3.05) is 6.79 Å². The molecule has 8 heteroatoms. The first-order chi connectivity index (χ1) is 16.2. The van der Waals surface area contributed by atoms with Crippen molar-refractivity contribution < 1.29 is 28.8 Å². The van der Waals surface area contributed by atoms with Gasteiger partial charge in [-0.2, -0.15) is 0 Å². The fourth-order valence-corrected chi connectivity index (χ4v) is 4.22. The van der Waals surface area contributed by atoms with Gasteiger partial charge in [0, 0.05) is 24.2 Å². The average molecular weight is 442 g/mol. The van der Waals surface area contributed by atoms with Crippen molar-refractivity contribution in [1.29, 1.82) is 0 Å². The van der Waals surface area contributed by atoms with Gasteiger partial charge in [-0.05, 0) is 34.9 Å². The maximum Gasteiger partial charge on any atom is 0.511 e. The lowest BCUT2D eigenvalue weighted by Gasteiger charge is -2.12. The Labute approximate surface area is 188 Å². The summed E-state index contributed by atoms with van der Waals surface area (Å²) in [7, 11) is 0. The summed E-state index contributed by atoms with van der Waals surface area (Å²) in [5.41, 5.74) is 5.50. The molecule has 0 amide bonds. The third-order valence-electron chi connectivity index (χ3n) is 5.74. The lowest BCUT2D eigenvalue weighted by molar-refractivity contribution is 0.144. The molecule has 0 saturated carbocycles. The Balaban J connectivity index is 1.46. The van der Waals surface area contributed by atoms with Gasteiger partial charge in [0.2, 0.25) is 6.79 Å². The zero-order valence-electron chi connectivity index (χ0n) is 17.4. The summed E-state index contributed by atoms with van der Waals surface area (Å²) in [6.45, 7) is 1.15. The molecule has 2 aliphatic rings. The molecule has 6 rings (SSSR count). The molecular formula is C25H18N2O6. The smallest absolute Gasteiger partial charge is 0.488 e. The van der Waals surface area contributed by atoms with Crippen molar-refractivity contribution in [3.8, 4) is 23.0 Å². The Hall–Kier alpha value is -4.46. The number of hydrogen-bond donors (Lipinski definition) is 1. The number of hydrogen-bond acceptors (Lipinski definition) is 6. The summed E-state index contributed by atoms with van der Waals surface area (Å²) >= 11 is 0. The van der Waals surface area contributed by atoms with E-state index in [0.29, 0.717) is 30.4 Å². The number of carbonyl (C=O) groups is 1. The molecule has 0 bridgehead atoms. The zero-order valence-corrected chi connectivity index (χ0v) is 17.4. The quantitative estimate of drug-likeness (QED) is 0.358. The summed E-state index contributed by atoms with van der Waals surface area (Å²) < 4.78 is 23.9. The largest absolute Gasteiger partial charge is 0.511 e. The number of fused-ring (bicyclic) bond motifs is 4. The van der Waals surface area contributed by atoms with Crippen LogP contribution < -0.4 is 18.9 Å². The Kier molecular flexibility index (Phi) is 4.43. The Bertz CT molecular complexity index is 1440. The number of carboxylic acid groups (broad SMARTS) is 1. The molecule has 0 fully saturated rings. The molecule has 1 aromatic heterocycles. The zero-order chi connectivity index (χ0) is 22.4. The molecule has 1 N–H and O–H groups in total. The molecule has 3 heterocycles. The number of nitrogens with zero attached hydrogens (tertiary/aromatic N) is 2. The van der Waals surface area contributed by atoms with Crippen LogP contribution in [0.1, 0.15) is 16.7 Å². The Morgan fingerprint density at radius 3 is 2.76 bits per heavy atom. The van der Waals surface area contributed by atoms with Gasteiger partial charge in [-0.1, -0.05) is 30.3 Å². The standard InChI is InChI=1S/C25H18N2O6/c28-25(29)33-16-5-6-22-19(9-16)18(17-4-2-1-3-15(17)12-30-22)7-8-27-13-26-20-10-23-24(11-21(20)27)32-14-31-23/h1-7,9-11,13H,8,12,14H2,(H,28,29). The molecule has 4 aromatic rings. The van der Waals surface area contributed by atoms with Crippen LogP contribution in [0, 0.1) is 0 Å². The molecule has 0 radical (unpaired) electrons. The van der Waals surface area contributed by atoms with Crippen molar-refractivity contribution in [2.45, 2.75) is 13.2 Å². The second kappa shape index (κ2) is 7.59. The summed E-state index contributed by atoms with van der Waals surface area (Å²) in [5.74, 6) is 2.29. The molecule has 164 valence electrons. The minimum atomic E-state index is -1.36. The van der Waals surface area contributed by atoms with Crippen LogP contribution in [0.15, 0.2) is 67.0 Å². The van der Waals surface area contributed by atoms with Gasteiger partial charge in [-0.25, -0.2) is 9.78 Å². The third kappa shape index (κ3) is 3.41. The first kappa shape index (κ1) is 19.2. The van der Waals surface area contributed by atoms with Crippen LogP contribution in [0.25, 0.3) is 16.6 Å². The van der Waals surface area contributed by atoms with Gasteiger partial charge in [0.05, 0.1) is 17.4 Å². The van der Waals surface area contributed by atoms with E-state index in [0.717, 1.165) is 33.3 Å². The van der Waals surface area contributed by atoms with Crippen molar-refractivity contribution in [3.63, 3.8) is 0 Å². The van der Waals surface area contributed by atoms with E-state index in [1.54, 1.807) is 24.5 Å². The van der Waals surface area contributed by atoms with Gasteiger partial charge in [0.15, 0.2) is 11.5 Å². The number of aromatic nitrogens is 2. The highest BCUT2D eigenvalue weighted by Crippen LogP contribution is 2.39. The number of imidazole rings is 1. The van der Waals surface area contributed by atoms with Crippen molar-refractivity contribution >= 4 is 22.8 Å². The van der Waals surface area contributed by atoms with Crippen LogP contribution in [0.3, 0.4) is 0 Å². The highest BCUT2D eigenvalue weighted by Gasteiger charge is 2.21. The summed E-state index contributed by atoms with van der Waals surface area (Å²) in [6, 6.07) is 16.8. The van der Waals surface area contributed by atoms with E-state index < -0.39 is 6.16 Å². The number of benzene rings is 3.